The van der Waals surface area contributed by atoms with Crippen LogP contribution in [-0.2, 0) is 37.0 Å². The van der Waals surface area contributed by atoms with Crippen LogP contribution in [-0.4, -0.2) is 87.5 Å². The number of ketones is 1. The third-order valence-electron chi connectivity index (χ3n) is 10.4. The fraction of sp³-hybridized carbons (Fsp3) is 0.509. The molecule has 1 unspecified atom stereocenters. The van der Waals surface area contributed by atoms with Crippen LogP contribution in [0.5, 0.6) is 5.75 Å². The van der Waals surface area contributed by atoms with Gasteiger partial charge in [-0.1, -0.05) is 118 Å². The quantitative estimate of drug-likeness (QED) is 0.0771. The summed E-state index contributed by atoms with van der Waals surface area (Å²) in [7, 11) is 5.81. The number of carbonyl (C=O) groups excluding carboxylic acids is 3. The summed E-state index contributed by atoms with van der Waals surface area (Å²) in [5.41, 5.74) is 10.2. The summed E-state index contributed by atoms with van der Waals surface area (Å²) >= 11 is 0. The summed E-state index contributed by atoms with van der Waals surface area (Å²) in [6.07, 6.45) is 9.39. The Labute approximate surface area is 388 Å². The van der Waals surface area contributed by atoms with E-state index >= 15 is 0 Å². The van der Waals surface area contributed by atoms with Crippen LogP contribution in [0.2, 0.25) is 0 Å². The van der Waals surface area contributed by atoms with Crippen molar-refractivity contribution >= 4 is 23.3 Å². The van der Waals surface area contributed by atoms with E-state index in [1.807, 2.05) is 106 Å². The number of ether oxygens (including phenoxy) is 1. The van der Waals surface area contributed by atoms with Gasteiger partial charge in [-0.2, -0.15) is 0 Å². The number of benzene rings is 4. The second-order valence-electron chi connectivity index (χ2n) is 16.4. The number of hydrogen-bond donors (Lipinski definition) is 0. The van der Waals surface area contributed by atoms with E-state index in [4.69, 9.17) is 14.5 Å². The number of hydrogen-bond acceptors (Lipinski definition) is 7. The maximum Gasteiger partial charge on any atom is 0.260 e. The minimum absolute atomic E-state index is 0.0370. The highest BCUT2D eigenvalue weighted by molar-refractivity contribution is 5.92. The molecule has 5 rings (SSSR count). The van der Waals surface area contributed by atoms with Crippen molar-refractivity contribution in [2.45, 2.75) is 133 Å². The SMILES string of the molecule is CCC(=O)N(C)c1ccc(C)cc1.CCCc1ccccc1-c1ccccc1CCC.CCN(CC)C(=O)COc1ccc(C)cc1C.CCOOC(C)CN(C)C.O=C1CCCC1. The zero-order chi connectivity index (χ0) is 47.9. The van der Waals surface area contributed by atoms with Crippen molar-refractivity contribution in [3.05, 3.63) is 119 Å². The summed E-state index contributed by atoms with van der Waals surface area (Å²) in [5, 5.41) is 0. The fourth-order valence-corrected chi connectivity index (χ4v) is 6.96. The number of aryl methyl sites for hydroxylation is 5. The molecule has 0 bridgehead atoms. The topological polar surface area (TPSA) is 88.6 Å². The van der Waals surface area contributed by atoms with Crippen molar-refractivity contribution in [1.82, 2.24) is 9.80 Å². The molecule has 4 aromatic carbocycles. The zero-order valence-electron chi connectivity index (χ0n) is 41.9. The van der Waals surface area contributed by atoms with Gasteiger partial charge >= 0.3 is 0 Å². The lowest BCUT2D eigenvalue weighted by atomic mass is 9.92. The first-order valence-corrected chi connectivity index (χ1v) is 23.6. The van der Waals surface area contributed by atoms with Gasteiger partial charge in [0.15, 0.2) is 6.61 Å². The average molecular weight is 882 g/mol. The molecule has 1 aliphatic rings. The first-order chi connectivity index (χ1) is 30.6. The molecule has 354 valence electrons. The van der Waals surface area contributed by atoms with Crippen LogP contribution in [0.1, 0.15) is 121 Å². The van der Waals surface area contributed by atoms with Crippen LogP contribution in [0.4, 0.5) is 5.69 Å². The summed E-state index contributed by atoms with van der Waals surface area (Å²) in [6.45, 7) is 23.3. The molecule has 0 radical (unpaired) electrons. The summed E-state index contributed by atoms with van der Waals surface area (Å²) in [5.74, 6) is 1.42. The van der Waals surface area contributed by atoms with Gasteiger partial charge in [0, 0.05) is 51.6 Å². The maximum absolute atomic E-state index is 11.8. The van der Waals surface area contributed by atoms with Gasteiger partial charge < -0.3 is 19.4 Å². The van der Waals surface area contributed by atoms with Gasteiger partial charge in [-0.25, -0.2) is 9.78 Å². The summed E-state index contributed by atoms with van der Waals surface area (Å²) < 4.78 is 5.55. The second kappa shape index (κ2) is 33.6. The predicted molar refractivity (Wildman–Crippen MR) is 268 cm³/mol. The molecule has 9 heteroatoms. The number of carbonyl (C=O) groups is 3. The molecule has 1 fully saturated rings. The Morgan fingerprint density at radius 1 is 0.672 bits per heavy atom. The first-order valence-electron chi connectivity index (χ1n) is 23.6. The van der Waals surface area contributed by atoms with Gasteiger partial charge in [0.05, 0.1) is 6.61 Å². The number of Topliss-reactive ketones (excluding diaryl/α,β-unsaturated/α-hetero) is 1. The Balaban J connectivity index is 0.000000416. The van der Waals surface area contributed by atoms with Gasteiger partial charge in [-0.3, -0.25) is 14.4 Å². The van der Waals surface area contributed by atoms with Crippen molar-refractivity contribution < 1.29 is 28.9 Å². The highest BCUT2D eigenvalue weighted by Gasteiger charge is 2.12. The molecule has 0 aromatic heterocycles. The Morgan fingerprint density at radius 2 is 1.19 bits per heavy atom. The van der Waals surface area contributed by atoms with E-state index in [1.165, 1.54) is 46.2 Å². The molecule has 1 saturated carbocycles. The number of rotatable bonds is 17. The average Bonchev–Trinajstić information content (AvgIpc) is 3.77. The van der Waals surface area contributed by atoms with Crippen LogP contribution >= 0.6 is 0 Å². The normalized spacial score (nSPS) is 11.9. The van der Waals surface area contributed by atoms with Crippen molar-refractivity contribution in [1.29, 1.82) is 0 Å². The number of anilines is 1. The monoisotopic (exact) mass is 882 g/mol. The van der Waals surface area contributed by atoms with Gasteiger partial charge in [-0.15, -0.1) is 0 Å². The minimum Gasteiger partial charge on any atom is -0.484 e. The Morgan fingerprint density at radius 3 is 1.61 bits per heavy atom. The van der Waals surface area contributed by atoms with Crippen molar-refractivity contribution in [2.24, 2.45) is 0 Å². The van der Waals surface area contributed by atoms with E-state index in [-0.39, 0.29) is 24.5 Å². The van der Waals surface area contributed by atoms with E-state index in [2.05, 4.69) is 73.3 Å². The van der Waals surface area contributed by atoms with Crippen molar-refractivity contribution in [2.75, 3.05) is 58.9 Å². The highest BCUT2D eigenvalue weighted by Crippen LogP contribution is 2.29. The molecule has 0 aliphatic heterocycles. The largest absolute Gasteiger partial charge is 0.484 e. The van der Waals surface area contributed by atoms with Crippen LogP contribution < -0.4 is 9.64 Å². The Hall–Kier alpha value is -4.83. The van der Waals surface area contributed by atoms with Crippen LogP contribution in [0.25, 0.3) is 11.1 Å². The fourth-order valence-electron chi connectivity index (χ4n) is 6.96. The smallest absolute Gasteiger partial charge is 0.260 e. The molecule has 0 spiro atoms. The van der Waals surface area contributed by atoms with Crippen LogP contribution in [0.15, 0.2) is 91.0 Å². The zero-order valence-corrected chi connectivity index (χ0v) is 41.9. The molecular formula is C55H83N3O6. The number of amides is 2. The van der Waals surface area contributed by atoms with E-state index in [9.17, 15) is 14.4 Å². The Bertz CT molecular complexity index is 1830. The van der Waals surface area contributed by atoms with Crippen LogP contribution in [0.3, 0.4) is 0 Å². The first kappa shape index (κ1) is 57.2. The standard InChI is InChI=1S/C18H22.C14H21NO2.C11H15NO.C7H17NO2.C5H8O/c1-3-9-15-11-5-7-13-17(15)18-14-8-6-12-16(18)10-4-2;1-5-15(6-2)14(16)10-17-13-8-7-11(3)9-12(13)4;1-4-11(13)12(3)10-7-5-9(2)6-8-10;1-5-9-10-7(2)6-8(3)4;6-5-3-1-2-4-5/h5-8,11-14H,3-4,9-10H2,1-2H3;7-9H,5-6,10H2,1-4H3;5-8H,4H2,1-3H3;7H,5-6H2,1-4H3;1-4H2. The highest BCUT2D eigenvalue weighted by atomic mass is 17.2. The molecule has 4 aromatic rings. The van der Waals surface area contributed by atoms with E-state index in [0.29, 0.717) is 18.8 Å². The lowest BCUT2D eigenvalue weighted by Crippen LogP contribution is -2.34. The molecule has 0 saturated heterocycles. The molecule has 1 atom stereocenters. The molecule has 1 aliphatic carbocycles. The Kier molecular flexibility index (Phi) is 30.1. The number of likely N-dealkylation sites (N-methyl/N-ethyl adjacent to an activating group) is 2. The van der Waals surface area contributed by atoms with Gasteiger partial charge in [0.1, 0.15) is 17.6 Å². The third kappa shape index (κ3) is 23.2. The molecule has 2 amide bonds. The molecular weight excluding hydrogens is 799 g/mol. The van der Waals surface area contributed by atoms with E-state index < -0.39 is 0 Å². The molecule has 9 nitrogen and oxygen atoms in total. The molecule has 0 N–H and O–H groups in total. The summed E-state index contributed by atoms with van der Waals surface area (Å²) in [4.78, 5) is 48.6. The van der Waals surface area contributed by atoms with Crippen molar-refractivity contribution in [3.8, 4) is 16.9 Å². The third-order valence-corrected chi connectivity index (χ3v) is 10.4. The minimum atomic E-state index is 0.0370. The molecule has 64 heavy (non-hydrogen) atoms. The second-order valence-corrected chi connectivity index (χ2v) is 16.4. The van der Waals surface area contributed by atoms with Gasteiger partial charge in [-0.05, 0) is 134 Å². The van der Waals surface area contributed by atoms with E-state index in [0.717, 1.165) is 75.2 Å². The lowest BCUT2D eigenvalue weighted by Gasteiger charge is -2.19. The number of nitrogens with zero attached hydrogens (tertiary/aromatic N) is 3. The van der Waals surface area contributed by atoms with Gasteiger partial charge in [0.25, 0.3) is 5.91 Å². The van der Waals surface area contributed by atoms with Crippen molar-refractivity contribution in [3.63, 3.8) is 0 Å². The molecule has 0 heterocycles. The lowest BCUT2D eigenvalue weighted by molar-refractivity contribution is -0.318. The van der Waals surface area contributed by atoms with Gasteiger partial charge in [0.2, 0.25) is 5.91 Å². The van der Waals surface area contributed by atoms with Crippen LogP contribution in [0, 0.1) is 20.8 Å². The predicted octanol–water partition coefficient (Wildman–Crippen LogP) is 12.2. The maximum atomic E-state index is 11.8. The van der Waals surface area contributed by atoms with E-state index in [1.54, 1.807) is 16.8 Å². The summed E-state index contributed by atoms with van der Waals surface area (Å²) in [6, 6.07) is 31.6.